The van der Waals surface area contributed by atoms with Crippen LogP contribution >= 0.6 is 12.6 Å². The molecule has 0 aliphatic carbocycles. The summed E-state index contributed by atoms with van der Waals surface area (Å²) in [5.74, 6) is -2.04. The normalized spacial score (nSPS) is 16.4. The summed E-state index contributed by atoms with van der Waals surface area (Å²) in [7, 11) is 0. The number of hydrogen-bond donors (Lipinski definition) is 3. The zero-order valence-electron chi connectivity index (χ0n) is 8.00. The second-order valence-electron chi connectivity index (χ2n) is 4.01. The molecule has 0 aromatic heterocycles. The zero-order chi connectivity index (χ0) is 10.9. The number of aliphatic carboxylic acids is 1. The summed E-state index contributed by atoms with van der Waals surface area (Å²) in [4.78, 5) is 22.4. The maximum Gasteiger partial charge on any atom is 0.332 e. The van der Waals surface area contributed by atoms with Gasteiger partial charge in [0, 0.05) is 11.2 Å². The summed E-state index contributed by atoms with van der Waals surface area (Å²) in [6, 6.07) is 0. The average Bonchev–Trinajstić information content (AvgIpc) is 1.99. The summed E-state index contributed by atoms with van der Waals surface area (Å²) in [6.07, 6.45) is 0. The van der Waals surface area contributed by atoms with E-state index < -0.39 is 22.7 Å². The number of nitrogens with two attached hydrogens (primary N) is 1. The fourth-order valence-corrected chi connectivity index (χ4v) is 1.18. The van der Waals surface area contributed by atoms with Gasteiger partial charge in [-0.3, -0.25) is 4.79 Å². The first kappa shape index (κ1) is 12.4. The minimum Gasteiger partial charge on any atom is -0.480 e. The van der Waals surface area contributed by atoms with Gasteiger partial charge in [-0.2, -0.15) is 12.6 Å². The molecule has 0 aromatic rings. The molecule has 5 heteroatoms. The van der Waals surface area contributed by atoms with E-state index in [2.05, 4.69) is 12.6 Å². The van der Waals surface area contributed by atoms with Crippen molar-refractivity contribution in [3.05, 3.63) is 0 Å². The molecule has 0 rings (SSSR count). The Hall–Kier alpha value is -0.550. The Bertz CT molecular complexity index is 234. The third-order valence-corrected chi connectivity index (χ3v) is 2.22. The molecule has 76 valence electrons. The molecule has 0 bridgehead atoms. The first-order chi connectivity index (χ1) is 5.66. The molecule has 0 saturated heterocycles. The van der Waals surface area contributed by atoms with Gasteiger partial charge < -0.3 is 10.8 Å². The smallest absolute Gasteiger partial charge is 0.332 e. The topological polar surface area (TPSA) is 80.4 Å². The lowest BCUT2D eigenvalue weighted by molar-refractivity contribution is -0.149. The molecule has 4 nitrogen and oxygen atoms in total. The Morgan fingerprint density at radius 3 is 1.85 bits per heavy atom. The number of carbonyl (C=O) groups excluding carboxylic acids is 1. The third-order valence-electron chi connectivity index (χ3n) is 1.72. The van der Waals surface area contributed by atoms with Crippen LogP contribution in [0.3, 0.4) is 0 Å². The van der Waals surface area contributed by atoms with Gasteiger partial charge >= 0.3 is 5.97 Å². The number of Topliss-reactive ketones (excluding diaryl/α,β-unsaturated/α-hetero) is 1. The first-order valence-electron chi connectivity index (χ1n) is 3.84. The van der Waals surface area contributed by atoms with Gasteiger partial charge in [-0.1, -0.05) is 20.8 Å². The predicted octanol–water partition coefficient (Wildman–Crippen LogP) is 0.314. The van der Waals surface area contributed by atoms with Gasteiger partial charge in [-0.15, -0.1) is 0 Å². The Labute approximate surface area is 82.9 Å². The quantitative estimate of drug-likeness (QED) is 0.457. The molecule has 0 unspecified atom stereocenters. The molecular formula is C8H15NO3S. The van der Waals surface area contributed by atoms with Crippen molar-refractivity contribution in [2.75, 3.05) is 5.75 Å². The van der Waals surface area contributed by atoms with E-state index in [1.54, 1.807) is 20.8 Å². The molecule has 0 amide bonds. The molecule has 0 heterocycles. The summed E-state index contributed by atoms with van der Waals surface area (Å²) in [6.45, 7) is 4.88. The van der Waals surface area contributed by atoms with Crippen LogP contribution in [0.1, 0.15) is 20.8 Å². The van der Waals surface area contributed by atoms with Crippen LogP contribution in [0, 0.1) is 5.41 Å². The zero-order valence-corrected chi connectivity index (χ0v) is 8.89. The van der Waals surface area contributed by atoms with Gasteiger partial charge in [0.15, 0.2) is 11.3 Å². The van der Waals surface area contributed by atoms with E-state index in [1.165, 1.54) is 0 Å². The predicted molar refractivity (Wildman–Crippen MR) is 52.9 cm³/mol. The molecule has 0 spiro atoms. The molecule has 13 heavy (non-hydrogen) atoms. The van der Waals surface area contributed by atoms with E-state index in [0.717, 1.165) is 0 Å². The van der Waals surface area contributed by atoms with Crippen molar-refractivity contribution in [2.24, 2.45) is 11.1 Å². The van der Waals surface area contributed by atoms with Gasteiger partial charge in [0.05, 0.1) is 0 Å². The summed E-state index contributed by atoms with van der Waals surface area (Å²) in [5, 5.41) is 8.77. The van der Waals surface area contributed by atoms with E-state index >= 15 is 0 Å². The highest BCUT2D eigenvalue weighted by atomic mass is 32.1. The van der Waals surface area contributed by atoms with Crippen LogP contribution in [0.25, 0.3) is 0 Å². The summed E-state index contributed by atoms with van der Waals surface area (Å²) < 4.78 is 0. The van der Waals surface area contributed by atoms with Crippen LogP contribution in [0.5, 0.6) is 0 Å². The first-order valence-corrected chi connectivity index (χ1v) is 4.47. The molecule has 0 fully saturated rings. The van der Waals surface area contributed by atoms with E-state index in [-0.39, 0.29) is 5.75 Å². The largest absolute Gasteiger partial charge is 0.480 e. The van der Waals surface area contributed by atoms with Gasteiger partial charge in [0.25, 0.3) is 0 Å². The van der Waals surface area contributed by atoms with E-state index in [0.29, 0.717) is 0 Å². The monoisotopic (exact) mass is 205 g/mol. The Kier molecular flexibility index (Phi) is 3.52. The van der Waals surface area contributed by atoms with Crippen molar-refractivity contribution in [1.29, 1.82) is 0 Å². The molecule has 0 radical (unpaired) electrons. The highest BCUT2D eigenvalue weighted by Gasteiger charge is 2.45. The van der Waals surface area contributed by atoms with Gasteiger partial charge in [-0.25, -0.2) is 4.79 Å². The number of thiol groups is 1. The molecular weight excluding hydrogens is 190 g/mol. The van der Waals surface area contributed by atoms with Crippen molar-refractivity contribution < 1.29 is 14.7 Å². The van der Waals surface area contributed by atoms with Crippen LogP contribution < -0.4 is 5.73 Å². The lowest BCUT2D eigenvalue weighted by Gasteiger charge is -2.28. The molecule has 0 aliphatic rings. The lowest BCUT2D eigenvalue weighted by atomic mass is 9.79. The van der Waals surface area contributed by atoms with Gasteiger partial charge in [-0.05, 0) is 0 Å². The van der Waals surface area contributed by atoms with Crippen molar-refractivity contribution in [3.8, 4) is 0 Å². The second kappa shape index (κ2) is 3.67. The lowest BCUT2D eigenvalue weighted by Crippen LogP contribution is -2.60. The van der Waals surface area contributed by atoms with Crippen molar-refractivity contribution in [2.45, 2.75) is 26.3 Å². The molecule has 0 aliphatic heterocycles. The molecule has 0 saturated carbocycles. The number of carbonyl (C=O) groups is 2. The van der Waals surface area contributed by atoms with Crippen LogP contribution in [0.4, 0.5) is 0 Å². The second-order valence-corrected chi connectivity index (χ2v) is 4.33. The van der Waals surface area contributed by atoms with E-state index in [4.69, 9.17) is 10.8 Å². The number of hydrogen-bond acceptors (Lipinski definition) is 4. The average molecular weight is 205 g/mol. The number of ketones is 1. The van der Waals surface area contributed by atoms with E-state index in [9.17, 15) is 9.59 Å². The molecule has 0 aromatic carbocycles. The van der Waals surface area contributed by atoms with E-state index in [1.807, 2.05) is 0 Å². The maximum absolute atomic E-state index is 11.6. The van der Waals surface area contributed by atoms with Crippen molar-refractivity contribution >= 4 is 24.4 Å². The van der Waals surface area contributed by atoms with Gasteiger partial charge in [0.2, 0.25) is 0 Å². The van der Waals surface area contributed by atoms with Gasteiger partial charge in [0.1, 0.15) is 0 Å². The number of carboxylic acids is 1. The number of rotatable bonds is 3. The number of carboxylic acid groups (broad SMARTS) is 1. The van der Waals surface area contributed by atoms with Crippen LogP contribution in [-0.4, -0.2) is 28.2 Å². The highest BCUT2D eigenvalue weighted by molar-refractivity contribution is 7.80. The minimum absolute atomic E-state index is 0.196. The van der Waals surface area contributed by atoms with Crippen molar-refractivity contribution in [1.82, 2.24) is 0 Å². The standard InChI is InChI=1S/C8H15NO3S/c1-7(2,3)5(10)8(9,4-13)6(11)12/h13H,4,9H2,1-3H3,(H,11,12)/t8-/m1/s1. The Morgan fingerprint density at radius 2 is 1.77 bits per heavy atom. The molecule has 1 atom stereocenters. The summed E-state index contributed by atoms with van der Waals surface area (Å²) >= 11 is 3.79. The maximum atomic E-state index is 11.6. The Morgan fingerprint density at radius 1 is 1.38 bits per heavy atom. The Balaban J connectivity index is 5.01. The fraction of sp³-hybridized carbons (Fsp3) is 0.750. The van der Waals surface area contributed by atoms with Crippen LogP contribution in [0.2, 0.25) is 0 Å². The third kappa shape index (κ3) is 2.45. The minimum atomic E-state index is -1.87. The van der Waals surface area contributed by atoms with Crippen LogP contribution in [-0.2, 0) is 9.59 Å². The summed E-state index contributed by atoms with van der Waals surface area (Å²) in [5.41, 5.74) is 2.80. The fourth-order valence-electron chi connectivity index (χ4n) is 0.906. The van der Waals surface area contributed by atoms with Crippen molar-refractivity contribution in [3.63, 3.8) is 0 Å². The van der Waals surface area contributed by atoms with Crippen LogP contribution in [0.15, 0.2) is 0 Å². The molecule has 3 N–H and O–H groups in total. The highest BCUT2D eigenvalue weighted by Crippen LogP contribution is 2.22. The SMILES string of the molecule is CC(C)(C)C(=O)[C@](N)(CS)C(=O)O.